The highest BCUT2D eigenvalue weighted by Crippen LogP contribution is 2.31. The summed E-state index contributed by atoms with van der Waals surface area (Å²) in [6.07, 6.45) is -11.5. The number of hydrogen-bond acceptors (Lipinski definition) is 17. The van der Waals surface area contributed by atoms with E-state index in [0.29, 0.717) is 6.54 Å². The summed E-state index contributed by atoms with van der Waals surface area (Å²) in [6.45, 7) is -0.146. The van der Waals surface area contributed by atoms with E-state index in [0.717, 1.165) is 0 Å². The van der Waals surface area contributed by atoms with Crippen LogP contribution in [0.2, 0.25) is 0 Å². The fourth-order valence-electron chi connectivity index (χ4n) is 5.33. The van der Waals surface area contributed by atoms with Gasteiger partial charge in [0.2, 0.25) is 0 Å². The van der Waals surface area contributed by atoms with Crippen molar-refractivity contribution in [3.63, 3.8) is 0 Å². The van der Waals surface area contributed by atoms with Crippen LogP contribution >= 0.6 is 0 Å². The maximum atomic E-state index is 11.5. The van der Waals surface area contributed by atoms with Gasteiger partial charge in [-0.3, -0.25) is 0 Å². The van der Waals surface area contributed by atoms with Crippen molar-refractivity contribution in [1.29, 1.82) is 0 Å². The summed E-state index contributed by atoms with van der Waals surface area (Å²) in [5.41, 5.74) is 23.9. The van der Waals surface area contributed by atoms with Crippen LogP contribution in [0.3, 0.4) is 0 Å². The van der Waals surface area contributed by atoms with E-state index in [9.17, 15) is 30.6 Å². The third-order valence-electron chi connectivity index (χ3n) is 7.79. The Morgan fingerprint density at radius 3 is 2.15 bits per heavy atom. The van der Waals surface area contributed by atoms with E-state index in [1.165, 1.54) is 0 Å². The van der Waals surface area contributed by atoms with E-state index in [4.69, 9.17) is 47.0 Å². The predicted molar refractivity (Wildman–Crippen MR) is 143 cm³/mol. The lowest BCUT2D eigenvalue weighted by atomic mass is 9.83. The molecule has 17 nitrogen and oxygen atoms in total. The molecule has 0 aromatic carbocycles. The highest BCUT2D eigenvalue weighted by Gasteiger charge is 2.49. The van der Waals surface area contributed by atoms with Crippen molar-refractivity contribution < 1.29 is 54.7 Å². The first-order valence-corrected chi connectivity index (χ1v) is 14.1. The zero-order valence-electron chi connectivity index (χ0n) is 23.1. The zero-order valence-corrected chi connectivity index (χ0v) is 23.1. The minimum Gasteiger partial charge on any atom is -0.395 e. The smallest absolute Gasteiger partial charge is 0.184 e. The quantitative estimate of drug-likeness (QED) is 0.0883. The highest BCUT2D eigenvalue weighted by molar-refractivity contribution is 5.01. The molecular weight excluding hydrogens is 548 g/mol. The molecule has 1 saturated carbocycles. The van der Waals surface area contributed by atoms with Gasteiger partial charge < -0.3 is 88.3 Å². The Labute approximate surface area is 239 Å². The summed E-state index contributed by atoms with van der Waals surface area (Å²) < 4.78 is 23.6. The number of aliphatic hydroxyl groups is 7. The molecule has 3 unspecified atom stereocenters. The first kappa shape index (κ1) is 34.8. The Balaban J connectivity index is 1.72. The summed E-state index contributed by atoms with van der Waals surface area (Å²) in [7, 11) is 0. The van der Waals surface area contributed by atoms with Gasteiger partial charge in [0.1, 0.15) is 30.5 Å². The molecule has 2 aliphatic heterocycles. The fourth-order valence-corrected chi connectivity index (χ4v) is 5.33. The Bertz CT molecular complexity index is 765. The molecule has 1 aliphatic carbocycles. The fraction of sp³-hybridized carbons (Fsp3) is 1.00. The Hall–Kier alpha value is -0.680. The van der Waals surface area contributed by atoms with Crippen LogP contribution in [-0.2, 0) is 18.9 Å². The van der Waals surface area contributed by atoms with Crippen LogP contribution in [0.25, 0.3) is 0 Å². The molecule has 3 fully saturated rings. The van der Waals surface area contributed by atoms with Crippen LogP contribution in [0.15, 0.2) is 0 Å². The molecular formula is C24H50N6O11. The van der Waals surface area contributed by atoms with Gasteiger partial charge in [-0.25, -0.2) is 0 Å². The molecule has 41 heavy (non-hydrogen) atoms. The number of hydrogen-bond donors (Lipinski definition) is 13. The van der Waals surface area contributed by atoms with Gasteiger partial charge in [-0.2, -0.15) is 0 Å². The van der Waals surface area contributed by atoms with Gasteiger partial charge in [0, 0.05) is 50.7 Å². The van der Waals surface area contributed by atoms with Crippen LogP contribution in [0.4, 0.5) is 0 Å². The number of nitrogens with two attached hydrogens (primary N) is 4. The third-order valence-corrected chi connectivity index (χ3v) is 7.79. The molecule has 2 heterocycles. The summed E-state index contributed by atoms with van der Waals surface area (Å²) in [6, 6.07) is -2.60. The van der Waals surface area contributed by atoms with Gasteiger partial charge in [-0.1, -0.05) is 0 Å². The lowest BCUT2D eigenvalue weighted by molar-refractivity contribution is -0.313. The van der Waals surface area contributed by atoms with Gasteiger partial charge in [0.05, 0.1) is 43.7 Å². The molecule has 0 aromatic heterocycles. The predicted octanol–water partition coefficient (Wildman–Crippen LogP) is -7.33. The van der Waals surface area contributed by atoms with E-state index in [1.54, 1.807) is 0 Å². The monoisotopic (exact) mass is 598 g/mol. The van der Waals surface area contributed by atoms with Crippen molar-refractivity contribution in [3.05, 3.63) is 0 Å². The van der Waals surface area contributed by atoms with Gasteiger partial charge in [-0.05, 0) is 12.8 Å². The second kappa shape index (κ2) is 16.4. The Kier molecular flexibility index (Phi) is 13.9. The van der Waals surface area contributed by atoms with Crippen LogP contribution in [-0.4, -0.2) is 167 Å². The SMILES string of the molecule is NCC(O)CN[C@@H]1C[C@H](N)C(O[C@H]2O[C@H](CNCC(N)CO)[C@@H](O)C[C@H]2N)[C@H](O)[C@H]1O[C@H]1O[C@H](CO)[C@@H](O)C[C@H]1O. The molecule has 17 heteroatoms. The molecule has 2 saturated heterocycles. The van der Waals surface area contributed by atoms with E-state index in [2.05, 4.69) is 10.6 Å². The largest absolute Gasteiger partial charge is 0.395 e. The molecule has 242 valence electrons. The Morgan fingerprint density at radius 1 is 0.829 bits per heavy atom. The average molecular weight is 599 g/mol. The second-order valence-corrected chi connectivity index (χ2v) is 11.2. The number of ether oxygens (including phenoxy) is 4. The van der Waals surface area contributed by atoms with Crippen LogP contribution in [0.5, 0.6) is 0 Å². The highest BCUT2D eigenvalue weighted by atomic mass is 16.7. The van der Waals surface area contributed by atoms with Crippen molar-refractivity contribution in [1.82, 2.24) is 10.6 Å². The summed E-state index contributed by atoms with van der Waals surface area (Å²) in [5.74, 6) is 0. The maximum absolute atomic E-state index is 11.5. The van der Waals surface area contributed by atoms with E-state index >= 15 is 0 Å². The summed E-state index contributed by atoms with van der Waals surface area (Å²) in [5, 5.41) is 77.2. The van der Waals surface area contributed by atoms with Crippen LogP contribution < -0.4 is 33.6 Å². The van der Waals surface area contributed by atoms with Crippen LogP contribution in [0, 0.1) is 0 Å². The average Bonchev–Trinajstić information content (AvgIpc) is 2.94. The van der Waals surface area contributed by atoms with Gasteiger partial charge in [0.15, 0.2) is 12.6 Å². The summed E-state index contributed by atoms with van der Waals surface area (Å²) >= 11 is 0. The zero-order chi connectivity index (χ0) is 30.3. The van der Waals surface area contributed by atoms with E-state index in [1.807, 2.05) is 0 Å². The molecule has 3 rings (SSSR count). The maximum Gasteiger partial charge on any atom is 0.184 e. The Morgan fingerprint density at radius 2 is 1.49 bits per heavy atom. The number of nitrogens with one attached hydrogen (secondary N) is 2. The molecule has 0 amide bonds. The molecule has 15 atom stereocenters. The van der Waals surface area contributed by atoms with Crippen LogP contribution in [0.1, 0.15) is 19.3 Å². The molecule has 0 aromatic rings. The lowest BCUT2D eigenvalue weighted by Gasteiger charge is -2.48. The van der Waals surface area contributed by atoms with Crippen molar-refractivity contribution in [3.8, 4) is 0 Å². The van der Waals surface area contributed by atoms with E-state index in [-0.39, 0.29) is 45.5 Å². The van der Waals surface area contributed by atoms with Crippen molar-refractivity contribution >= 4 is 0 Å². The first-order valence-electron chi connectivity index (χ1n) is 14.1. The molecule has 17 N–H and O–H groups in total. The third kappa shape index (κ3) is 9.40. The van der Waals surface area contributed by atoms with E-state index < -0.39 is 98.3 Å². The normalized spacial score (nSPS) is 43.5. The lowest BCUT2D eigenvalue weighted by Crippen LogP contribution is -2.67. The van der Waals surface area contributed by atoms with Gasteiger partial charge in [0.25, 0.3) is 0 Å². The minimum absolute atomic E-state index is 0.00315. The second-order valence-electron chi connectivity index (χ2n) is 11.2. The standard InChI is InChI=1S/C24H50N6O11/c25-4-11(33)6-30-14-1-12(27)21(20(37)22(14)41-24-17(36)3-16(35)19(9-32)39-24)40-23-13(28)2-15(34)18(38-23)7-29-5-10(26)8-31/h10-24,29-37H,1-9,25-28H2/t10?,11?,12-,13+,14+,15-,16-,17+,18+,19+,20-,21?,22-,23+,24+/m0/s1. The van der Waals surface area contributed by atoms with Crippen molar-refractivity contribution in [2.24, 2.45) is 22.9 Å². The number of rotatable bonds is 14. The minimum atomic E-state index is -1.40. The molecule has 0 spiro atoms. The topological polar surface area (TPSA) is 307 Å². The van der Waals surface area contributed by atoms with Crippen molar-refractivity contribution in [2.75, 3.05) is 39.4 Å². The van der Waals surface area contributed by atoms with Gasteiger partial charge in [-0.15, -0.1) is 0 Å². The van der Waals surface area contributed by atoms with Gasteiger partial charge >= 0.3 is 0 Å². The molecule has 0 radical (unpaired) electrons. The molecule has 3 aliphatic rings. The van der Waals surface area contributed by atoms with Crippen molar-refractivity contribution in [2.45, 2.75) is 111 Å². The first-order chi connectivity index (χ1) is 19.5. The summed E-state index contributed by atoms with van der Waals surface area (Å²) in [4.78, 5) is 0. The number of aliphatic hydroxyl groups excluding tert-OH is 7. The molecule has 0 bridgehead atoms.